The zero-order valence-corrected chi connectivity index (χ0v) is 10.7. The Labute approximate surface area is 96.0 Å². The lowest BCUT2D eigenvalue weighted by molar-refractivity contribution is 0.301. The average molecular weight is 211 g/mol. The zero-order chi connectivity index (χ0) is 10.9. The summed E-state index contributed by atoms with van der Waals surface area (Å²) in [5, 5.41) is 3.59. The third-order valence-electron chi connectivity index (χ3n) is 3.73. The third kappa shape index (κ3) is 6.19. The molecule has 1 rings (SSSR count). The van der Waals surface area contributed by atoms with Crippen molar-refractivity contribution in [1.82, 2.24) is 5.32 Å². The number of nitrogens with one attached hydrogen (secondary N) is 1. The highest BCUT2D eigenvalue weighted by Gasteiger charge is 2.16. The first-order valence-corrected chi connectivity index (χ1v) is 7.06. The minimum absolute atomic E-state index is 0.769. The summed E-state index contributed by atoms with van der Waals surface area (Å²) >= 11 is 0. The Hall–Kier alpha value is -0.0400. The molecule has 1 N–H and O–H groups in total. The van der Waals surface area contributed by atoms with E-state index in [-0.39, 0.29) is 0 Å². The molecular weight excluding hydrogens is 182 g/mol. The minimum atomic E-state index is 0.769. The van der Waals surface area contributed by atoms with Crippen molar-refractivity contribution >= 4 is 0 Å². The van der Waals surface area contributed by atoms with Crippen LogP contribution >= 0.6 is 0 Å². The maximum Gasteiger partial charge on any atom is 0.00389 e. The number of hydrogen-bond donors (Lipinski definition) is 1. The predicted molar refractivity (Wildman–Crippen MR) is 68.2 cm³/mol. The van der Waals surface area contributed by atoms with Crippen molar-refractivity contribution in [1.29, 1.82) is 0 Å². The van der Waals surface area contributed by atoms with Crippen molar-refractivity contribution in [2.24, 2.45) is 5.92 Å². The van der Waals surface area contributed by atoms with Crippen LogP contribution in [0.15, 0.2) is 0 Å². The molecule has 0 amide bonds. The Morgan fingerprint density at radius 2 is 1.73 bits per heavy atom. The number of piperidine rings is 1. The highest BCUT2D eigenvalue weighted by molar-refractivity contribution is 4.74. The molecule has 15 heavy (non-hydrogen) atoms. The lowest BCUT2D eigenvalue weighted by Crippen LogP contribution is -2.36. The van der Waals surface area contributed by atoms with Crippen molar-refractivity contribution in [2.45, 2.75) is 77.7 Å². The monoisotopic (exact) mass is 211 g/mol. The van der Waals surface area contributed by atoms with E-state index in [1.54, 1.807) is 0 Å². The van der Waals surface area contributed by atoms with Gasteiger partial charge in [-0.25, -0.2) is 0 Å². The summed E-state index contributed by atoms with van der Waals surface area (Å²) in [7, 11) is 0. The summed E-state index contributed by atoms with van der Waals surface area (Å²) in [6.45, 7) is 5.87. The molecule has 0 aromatic carbocycles. The molecule has 2 unspecified atom stereocenters. The van der Waals surface area contributed by atoms with Crippen LogP contribution in [-0.4, -0.2) is 12.6 Å². The fraction of sp³-hybridized carbons (Fsp3) is 1.00. The summed E-state index contributed by atoms with van der Waals surface area (Å²) in [5.41, 5.74) is 0. The van der Waals surface area contributed by atoms with Gasteiger partial charge in [0, 0.05) is 6.04 Å². The molecule has 0 radical (unpaired) electrons. The van der Waals surface area contributed by atoms with Crippen molar-refractivity contribution in [2.75, 3.05) is 6.54 Å². The standard InChI is InChI=1S/C14H29N/c1-3-4-5-6-7-8-9-14-11-10-13(2)15-12-14/h13-15H,3-12H2,1-2H3. The molecule has 0 bridgehead atoms. The summed E-state index contributed by atoms with van der Waals surface area (Å²) in [4.78, 5) is 0. The molecule has 90 valence electrons. The van der Waals surface area contributed by atoms with Gasteiger partial charge in [0.15, 0.2) is 0 Å². The molecule has 0 spiro atoms. The van der Waals surface area contributed by atoms with E-state index in [0.717, 1.165) is 12.0 Å². The Kier molecular flexibility index (Phi) is 7.08. The van der Waals surface area contributed by atoms with Gasteiger partial charge in [-0.15, -0.1) is 0 Å². The van der Waals surface area contributed by atoms with Crippen molar-refractivity contribution < 1.29 is 0 Å². The van der Waals surface area contributed by atoms with Gasteiger partial charge in [-0.05, 0) is 38.6 Å². The van der Waals surface area contributed by atoms with Crippen LogP contribution in [0.3, 0.4) is 0 Å². The van der Waals surface area contributed by atoms with Gasteiger partial charge in [0.1, 0.15) is 0 Å². The van der Waals surface area contributed by atoms with E-state index >= 15 is 0 Å². The van der Waals surface area contributed by atoms with Crippen LogP contribution in [0.4, 0.5) is 0 Å². The molecule has 0 aliphatic carbocycles. The first-order valence-electron chi connectivity index (χ1n) is 7.06. The van der Waals surface area contributed by atoms with E-state index in [9.17, 15) is 0 Å². The second-order valence-corrected chi connectivity index (χ2v) is 5.31. The molecule has 1 heterocycles. The summed E-state index contributed by atoms with van der Waals surface area (Å²) in [5.74, 6) is 0.979. The molecule has 0 aromatic heterocycles. The molecule has 2 atom stereocenters. The van der Waals surface area contributed by atoms with Crippen molar-refractivity contribution in [3.8, 4) is 0 Å². The molecule has 0 saturated carbocycles. The molecule has 1 fully saturated rings. The molecule has 1 aliphatic heterocycles. The zero-order valence-electron chi connectivity index (χ0n) is 10.7. The van der Waals surface area contributed by atoms with Crippen LogP contribution in [0.5, 0.6) is 0 Å². The first kappa shape index (κ1) is 13.0. The fourth-order valence-electron chi connectivity index (χ4n) is 2.52. The molecular formula is C14H29N. The summed E-state index contributed by atoms with van der Waals surface area (Å²) in [6, 6.07) is 0.769. The summed E-state index contributed by atoms with van der Waals surface area (Å²) < 4.78 is 0. The summed E-state index contributed by atoms with van der Waals surface area (Å²) in [6.07, 6.45) is 13.0. The Bertz CT molecular complexity index is 136. The topological polar surface area (TPSA) is 12.0 Å². The Balaban J connectivity index is 1.87. The number of unbranched alkanes of at least 4 members (excludes halogenated alkanes) is 5. The van der Waals surface area contributed by atoms with Crippen LogP contribution in [0.25, 0.3) is 0 Å². The van der Waals surface area contributed by atoms with Gasteiger partial charge in [-0.2, -0.15) is 0 Å². The predicted octanol–water partition coefficient (Wildman–Crippen LogP) is 4.13. The largest absolute Gasteiger partial charge is 0.314 e. The quantitative estimate of drug-likeness (QED) is 0.624. The van der Waals surface area contributed by atoms with E-state index in [1.807, 2.05) is 0 Å². The maximum atomic E-state index is 3.59. The van der Waals surface area contributed by atoms with E-state index < -0.39 is 0 Å². The van der Waals surface area contributed by atoms with Gasteiger partial charge in [0.25, 0.3) is 0 Å². The lowest BCUT2D eigenvalue weighted by Gasteiger charge is -2.27. The number of rotatable bonds is 7. The third-order valence-corrected chi connectivity index (χ3v) is 3.73. The van der Waals surface area contributed by atoms with E-state index in [1.165, 1.54) is 64.3 Å². The second kappa shape index (κ2) is 8.15. The normalized spacial score (nSPS) is 26.8. The molecule has 1 aliphatic rings. The van der Waals surface area contributed by atoms with Crippen molar-refractivity contribution in [3.05, 3.63) is 0 Å². The fourth-order valence-corrected chi connectivity index (χ4v) is 2.52. The molecule has 1 heteroatoms. The Morgan fingerprint density at radius 1 is 1.00 bits per heavy atom. The van der Waals surface area contributed by atoms with Gasteiger partial charge in [-0.1, -0.05) is 45.4 Å². The van der Waals surface area contributed by atoms with Crippen molar-refractivity contribution in [3.63, 3.8) is 0 Å². The van der Waals surface area contributed by atoms with Crippen LogP contribution in [0.1, 0.15) is 71.6 Å². The van der Waals surface area contributed by atoms with E-state index in [2.05, 4.69) is 19.2 Å². The van der Waals surface area contributed by atoms with Crippen LogP contribution in [-0.2, 0) is 0 Å². The van der Waals surface area contributed by atoms with Gasteiger partial charge in [-0.3, -0.25) is 0 Å². The van der Waals surface area contributed by atoms with Gasteiger partial charge in [0.05, 0.1) is 0 Å². The average Bonchev–Trinajstić information content (AvgIpc) is 2.26. The number of hydrogen-bond acceptors (Lipinski definition) is 1. The maximum absolute atomic E-state index is 3.59. The molecule has 0 aromatic rings. The minimum Gasteiger partial charge on any atom is -0.314 e. The molecule has 1 saturated heterocycles. The first-order chi connectivity index (χ1) is 7.33. The second-order valence-electron chi connectivity index (χ2n) is 5.31. The van der Waals surface area contributed by atoms with E-state index in [4.69, 9.17) is 0 Å². The van der Waals surface area contributed by atoms with Gasteiger partial charge in [0.2, 0.25) is 0 Å². The smallest absolute Gasteiger partial charge is 0.00389 e. The Morgan fingerprint density at radius 3 is 2.40 bits per heavy atom. The SMILES string of the molecule is CCCCCCCCC1CCC(C)NC1. The van der Waals surface area contributed by atoms with Gasteiger partial charge < -0.3 is 5.32 Å². The lowest BCUT2D eigenvalue weighted by atomic mass is 9.90. The van der Waals surface area contributed by atoms with E-state index in [0.29, 0.717) is 0 Å². The van der Waals surface area contributed by atoms with Crippen LogP contribution in [0.2, 0.25) is 0 Å². The molecule has 1 nitrogen and oxygen atoms in total. The van der Waals surface area contributed by atoms with Crippen LogP contribution in [0, 0.1) is 5.92 Å². The van der Waals surface area contributed by atoms with Gasteiger partial charge >= 0.3 is 0 Å². The highest BCUT2D eigenvalue weighted by Crippen LogP contribution is 2.20. The highest BCUT2D eigenvalue weighted by atomic mass is 14.9. The van der Waals surface area contributed by atoms with Crippen LogP contribution < -0.4 is 5.32 Å².